The van der Waals surface area contributed by atoms with Gasteiger partial charge in [0.05, 0.1) is 6.10 Å². The number of hydrogen-bond donors (Lipinski definition) is 2. The first-order chi connectivity index (χ1) is 6.29. The Hall–Kier alpha value is -0.120. The molecule has 0 aliphatic carbocycles. The quantitative estimate of drug-likeness (QED) is 0.680. The van der Waals surface area contributed by atoms with Crippen molar-refractivity contribution in [3.63, 3.8) is 0 Å². The summed E-state index contributed by atoms with van der Waals surface area (Å²) in [6, 6.07) is 0.282. The van der Waals surface area contributed by atoms with Crippen LogP contribution < -0.4 is 11.1 Å². The van der Waals surface area contributed by atoms with E-state index in [0.717, 1.165) is 32.5 Å². The van der Waals surface area contributed by atoms with E-state index in [2.05, 4.69) is 19.2 Å². The molecule has 3 heteroatoms. The zero-order valence-electron chi connectivity index (χ0n) is 8.75. The fraction of sp³-hybridized carbons (Fsp3) is 1.00. The highest BCUT2D eigenvalue weighted by atomic mass is 16.5. The van der Waals surface area contributed by atoms with Crippen LogP contribution in [0.15, 0.2) is 0 Å². The summed E-state index contributed by atoms with van der Waals surface area (Å²) in [6.45, 7) is 7.08. The molecule has 0 aromatic rings. The first kappa shape index (κ1) is 11.0. The SMILES string of the molecule is CCOC1CCNCC1C(N)CC. The van der Waals surface area contributed by atoms with Gasteiger partial charge in [0.1, 0.15) is 0 Å². The van der Waals surface area contributed by atoms with Crippen LogP contribution in [0, 0.1) is 5.92 Å². The van der Waals surface area contributed by atoms with Crippen molar-refractivity contribution < 1.29 is 4.74 Å². The average Bonchev–Trinajstić information content (AvgIpc) is 2.18. The fourth-order valence-corrected chi connectivity index (χ4v) is 2.01. The molecule has 0 aromatic carbocycles. The molecular weight excluding hydrogens is 164 g/mol. The van der Waals surface area contributed by atoms with Gasteiger partial charge in [-0.05, 0) is 26.3 Å². The van der Waals surface area contributed by atoms with E-state index in [4.69, 9.17) is 10.5 Å². The molecule has 1 aliphatic heterocycles. The van der Waals surface area contributed by atoms with Gasteiger partial charge < -0.3 is 15.8 Å². The molecule has 0 spiro atoms. The second-order valence-corrected chi connectivity index (χ2v) is 3.72. The molecule has 3 N–H and O–H groups in total. The number of nitrogens with one attached hydrogen (secondary N) is 1. The van der Waals surface area contributed by atoms with Crippen LogP contribution in [-0.2, 0) is 4.74 Å². The van der Waals surface area contributed by atoms with Crippen molar-refractivity contribution in [3.8, 4) is 0 Å². The van der Waals surface area contributed by atoms with Crippen molar-refractivity contribution in [2.45, 2.75) is 38.8 Å². The highest BCUT2D eigenvalue weighted by molar-refractivity contribution is 4.85. The molecule has 3 nitrogen and oxygen atoms in total. The highest BCUT2D eigenvalue weighted by Crippen LogP contribution is 2.19. The first-order valence-electron chi connectivity index (χ1n) is 5.37. The number of ether oxygens (including phenoxy) is 1. The molecule has 1 rings (SSSR count). The van der Waals surface area contributed by atoms with E-state index in [9.17, 15) is 0 Å². The van der Waals surface area contributed by atoms with Crippen molar-refractivity contribution in [2.75, 3.05) is 19.7 Å². The lowest BCUT2D eigenvalue weighted by molar-refractivity contribution is -0.00649. The Labute approximate surface area is 81.0 Å². The topological polar surface area (TPSA) is 47.3 Å². The van der Waals surface area contributed by atoms with Crippen molar-refractivity contribution in [2.24, 2.45) is 11.7 Å². The second-order valence-electron chi connectivity index (χ2n) is 3.72. The van der Waals surface area contributed by atoms with Gasteiger partial charge in [0, 0.05) is 25.1 Å². The number of hydrogen-bond acceptors (Lipinski definition) is 3. The maximum absolute atomic E-state index is 6.05. The zero-order valence-corrected chi connectivity index (χ0v) is 8.75. The van der Waals surface area contributed by atoms with E-state index in [0.29, 0.717) is 12.0 Å². The molecular formula is C10H22N2O. The predicted molar refractivity (Wildman–Crippen MR) is 54.7 cm³/mol. The number of piperidine rings is 1. The summed E-state index contributed by atoms with van der Waals surface area (Å²) in [5.41, 5.74) is 6.05. The summed E-state index contributed by atoms with van der Waals surface area (Å²) in [6.07, 6.45) is 2.52. The zero-order chi connectivity index (χ0) is 9.68. The standard InChI is InChI=1S/C10H22N2O/c1-3-9(11)8-7-12-6-5-10(8)13-4-2/h8-10,12H,3-7,11H2,1-2H3. The third kappa shape index (κ3) is 2.93. The van der Waals surface area contributed by atoms with Crippen molar-refractivity contribution in [1.82, 2.24) is 5.32 Å². The van der Waals surface area contributed by atoms with E-state index in [1.165, 1.54) is 0 Å². The normalized spacial score (nSPS) is 31.6. The van der Waals surface area contributed by atoms with Crippen molar-refractivity contribution in [3.05, 3.63) is 0 Å². The van der Waals surface area contributed by atoms with Gasteiger partial charge >= 0.3 is 0 Å². The lowest BCUT2D eigenvalue weighted by atomic mass is 9.88. The minimum atomic E-state index is 0.282. The van der Waals surface area contributed by atoms with E-state index in [1.54, 1.807) is 0 Å². The Morgan fingerprint density at radius 1 is 1.54 bits per heavy atom. The summed E-state index contributed by atoms with van der Waals surface area (Å²) < 4.78 is 5.70. The minimum Gasteiger partial charge on any atom is -0.378 e. The highest BCUT2D eigenvalue weighted by Gasteiger charge is 2.29. The molecule has 0 amide bonds. The Morgan fingerprint density at radius 3 is 2.92 bits per heavy atom. The smallest absolute Gasteiger partial charge is 0.0642 e. The second kappa shape index (κ2) is 5.58. The number of nitrogens with two attached hydrogens (primary N) is 1. The third-order valence-corrected chi connectivity index (χ3v) is 2.87. The van der Waals surface area contributed by atoms with Crippen LogP contribution in [0.4, 0.5) is 0 Å². The molecule has 1 fully saturated rings. The summed E-state index contributed by atoms with van der Waals surface area (Å²) in [5.74, 6) is 0.499. The van der Waals surface area contributed by atoms with Crippen molar-refractivity contribution >= 4 is 0 Å². The average molecular weight is 186 g/mol. The lowest BCUT2D eigenvalue weighted by Crippen LogP contribution is -2.49. The van der Waals surface area contributed by atoms with Gasteiger partial charge in [0.25, 0.3) is 0 Å². The van der Waals surface area contributed by atoms with Crippen LogP contribution in [0.3, 0.4) is 0 Å². The molecule has 3 unspecified atom stereocenters. The van der Waals surface area contributed by atoms with Crippen LogP contribution in [0.2, 0.25) is 0 Å². The van der Waals surface area contributed by atoms with Gasteiger partial charge in [-0.3, -0.25) is 0 Å². The van der Waals surface area contributed by atoms with Gasteiger partial charge in [-0.25, -0.2) is 0 Å². The molecule has 1 heterocycles. The monoisotopic (exact) mass is 186 g/mol. The Balaban J connectivity index is 2.45. The Morgan fingerprint density at radius 2 is 2.31 bits per heavy atom. The van der Waals surface area contributed by atoms with E-state index < -0.39 is 0 Å². The Bertz CT molecular complexity index is 139. The fourth-order valence-electron chi connectivity index (χ4n) is 2.01. The van der Waals surface area contributed by atoms with Gasteiger partial charge in [-0.1, -0.05) is 6.92 Å². The molecule has 0 saturated carbocycles. The summed E-state index contributed by atoms with van der Waals surface area (Å²) in [4.78, 5) is 0. The van der Waals surface area contributed by atoms with Gasteiger partial charge in [-0.15, -0.1) is 0 Å². The van der Waals surface area contributed by atoms with Crippen LogP contribution >= 0.6 is 0 Å². The van der Waals surface area contributed by atoms with Crippen LogP contribution in [0.5, 0.6) is 0 Å². The van der Waals surface area contributed by atoms with E-state index >= 15 is 0 Å². The van der Waals surface area contributed by atoms with E-state index in [1.807, 2.05) is 0 Å². The van der Waals surface area contributed by atoms with E-state index in [-0.39, 0.29) is 6.04 Å². The maximum atomic E-state index is 6.05. The third-order valence-electron chi connectivity index (χ3n) is 2.87. The van der Waals surface area contributed by atoms with Gasteiger partial charge in [-0.2, -0.15) is 0 Å². The molecule has 3 atom stereocenters. The van der Waals surface area contributed by atoms with Crippen molar-refractivity contribution in [1.29, 1.82) is 0 Å². The molecule has 1 saturated heterocycles. The van der Waals surface area contributed by atoms with Crippen LogP contribution in [0.25, 0.3) is 0 Å². The molecule has 78 valence electrons. The number of rotatable bonds is 4. The summed E-state index contributed by atoms with van der Waals surface area (Å²) >= 11 is 0. The van der Waals surface area contributed by atoms with Gasteiger partial charge in [0.2, 0.25) is 0 Å². The maximum Gasteiger partial charge on any atom is 0.0642 e. The first-order valence-corrected chi connectivity index (χ1v) is 5.37. The van der Waals surface area contributed by atoms with Crippen LogP contribution in [-0.4, -0.2) is 31.8 Å². The largest absolute Gasteiger partial charge is 0.378 e. The molecule has 0 bridgehead atoms. The van der Waals surface area contributed by atoms with Crippen LogP contribution in [0.1, 0.15) is 26.7 Å². The lowest BCUT2D eigenvalue weighted by Gasteiger charge is -2.35. The summed E-state index contributed by atoms with van der Waals surface area (Å²) in [5, 5.41) is 3.38. The Kier molecular flexibility index (Phi) is 4.70. The molecule has 13 heavy (non-hydrogen) atoms. The molecule has 1 aliphatic rings. The minimum absolute atomic E-state index is 0.282. The molecule has 0 radical (unpaired) electrons. The summed E-state index contributed by atoms with van der Waals surface area (Å²) in [7, 11) is 0. The molecule has 0 aromatic heterocycles. The van der Waals surface area contributed by atoms with Gasteiger partial charge in [0.15, 0.2) is 0 Å². The predicted octanol–water partition coefficient (Wildman–Crippen LogP) is 0.738.